The molecular weight excluding hydrogens is 356 g/mol. The van der Waals surface area contributed by atoms with Crippen molar-refractivity contribution in [2.24, 2.45) is 17.1 Å². The van der Waals surface area contributed by atoms with Gasteiger partial charge in [-0.2, -0.15) is 0 Å². The molecule has 0 radical (unpaired) electrons. The van der Waals surface area contributed by atoms with Gasteiger partial charge in [0.1, 0.15) is 5.57 Å². The van der Waals surface area contributed by atoms with Crippen molar-refractivity contribution in [1.29, 1.82) is 0 Å². The van der Waals surface area contributed by atoms with E-state index in [9.17, 15) is 14.4 Å². The fourth-order valence-corrected chi connectivity index (χ4v) is 4.33. The van der Waals surface area contributed by atoms with Crippen molar-refractivity contribution < 1.29 is 14.4 Å². The van der Waals surface area contributed by atoms with Crippen LogP contribution in [0, 0.1) is 18.3 Å². The topological polar surface area (TPSA) is 108 Å². The zero-order chi connectivity index (χ0) is 20.1. The lowest BCUT2D eigenvalue weighted by atomic mass is 9.76. The van der Waals surface area contributed by atoms with Crippen molar-refractivity contribution in [3.8, 4) is 0 Å². The molecular formula is C21H24N4O3. The maximum absolute atomic E-state index is 13.1. The summed E-state index contributed by atoms with van der Waals surface area (Å²) in [4.78, 5) is 42.7. The number of aromatic nitrogens is 1. The number of nitrogens with zero attached hydrogens (tertiary/aromatic N) is 1. The van der Waals surface area contributed by atoms with Gasteiger partial charge in [0.15, 0.2) is 0 Å². The van der Waals surface area contributed by atoms with E-state index in [0.29, 0.717) is 6.54 Å². The molecule has 1 fully saturated rings. The number of carbonyl (C=O) groups is 3. The number of carbonyl (C=O) groups excluding carboxylic acids is 3. The summed E-state index contributed by atoms with van der Waals surface area (Å²) in [6, 6.07) is 5.88. The first-order valence-electron chi connectivity index (χ1n) is 9.47. The molecule has 0 saturated heterocycles. The molecule has 146 valence electrons. The first-order chi connectivity index (χ1) is 13.4. The van der Waals surface area contributed by atoms with Crippen LogP contribution >= 0.6 is 0 Å². The van der Waals surface area contributed by atoms with Crippen LogP contribution in [0.4, 0.5) is 0 Å². The maximum atomic E-state index is 13.1. The minimum atomic E-state index is -0.989. The highest BCUT2D eigenvalue weighted by Crippen LogP contribution is 2.49. The van der Waals surface area contributed by atoms with Gasteiger partial charge in [0, 0.05) is 37.2 Å². The Kier molecular flexibility index (Phi) is 4.25. The molecule has 7 heteroatoms. The second-order valence-corrected chi connectivity index (χ2v) is 7.79. The van der Waals surface area contributed by atoms with Gasteiger partial charge in [-0.05, 0) is 49.0 Å². The molecule has 1 unspecified atom stereocenters. The first kappa shape index (κ1) is 18.3. The fraction of sp³-hybridized carbons (Fsp3) is 0.381. The lowest BCUT2D eigenvalue weighted by molar-refractivity contribution is -0.137. The van der Waals surface area contributed by atoms with Gasteiger partial charge in [0.2, 0.25) is 5.91 Å². The van der Waals surface area contributed by atoms with Crippen LogP contribution in [0.3, 0.4) is 0 Å². The highest BCUT2D eigenvalue weighted by Gasteiger charge is 2.53. The maximum Gasteiger partial charge on any atom is 0.259 e. The van der Waals surface area contributed by atoms with E-state index in [1.54, 1.807) is 4.90 Å². The van der Waals surface area contributed by atoms with Gasteiger partial charge >= 0.3 is 0 Å². The predicted octanol–water partition coefficient (Wildman–Crippen LogP) is 1.37. The molecule has 2 heterocycles. The molecule has 1 saturated carbocycles. The first-order valence-corrected chi connectivity index (χ1v) is 9.47. The van der Waals surface area contributed by atoms with Crippen molar-refractivity contribution >= 4 is 28.6 Å². The lowest BCUT2D eigenvalue weighted by Gasteiger charge is -2.39. The predicted molar refractivity (Wildman–Crippen MR) is 105 cm³/mol. The molecule has 2 aliphatic rings. The van der Waals surface area contributed by atoms with Crippen LogP contribution in [-0.4, -0.2) is 41.2 Å². The van der Waals surface area contributed by atoms with Crippen molar-refractivity contribution in [2.75, 3.05) is 13.6 Å². The summed E-state index contributed by atoms with van der Waals surface area (Å²) >= 11 is 0. The van der Waals surface area contributed by atoms with E-state index in [2.05, 4.69) is 10.3 Å². The quantitative estimate of drug-likeness (QED) is 0.682. The highest BCUT2D eigenvalue weighted by molar-refractivity contribution is 6.19. The van der Waals surface area contributed by atoms with Crippen LogP contribution < -0.4 is 11.1 Å². The minimum Gasteiger partial charge on any atom is -0.369 e. The van der Waals surface area contributed by atoms with Crippen molar-refractivity contribution in [2.45, 2.75) is 26.3 Å². The van der Waals surface area contributed by atoms with Gasteiger partial charge < -0.3 is 20.9 Å². The normalized spacial score (nSPS) is 22.3. The lowest BCUT2D eigenvalue weighted by Crippen LogP contribution is -2.53. The van der Waals surface area contributed by atoms with Crippen molar-refractivity contribution in [3.63, 3.8) is 0 Å². The van der Waals surface area contributed by atoms with E-state index in [-0.39, 0.29) is 23.9 Å². The number of fused-ring (bicyclic) bond motifs is 1. The Hall–Kier alpha value is -3.09. The van der Waals surface area contributed by atoms with Crippen molar-refractivity contribution in [1.82, 2.24) is 15.2 Å². The van der Waals surface area contributed by atoms with Gasteiger partial charge in [0.05, 0.1) is 5.41 Å². The van der Waals surface area contributed by atoms with E-state index in [0.717, 1.165) is 34.9 Å². The molecule has 28 heavy (non-hydrogen) atoms. The SMILES string of the molecule is CNC(=O)C1=CC(C(N)=O)(C2CC2)CN(Cc2cccc3[nH]cc(C)c23)C1=O. The Morgan fingerprint density at radius 3 is 2.75 bits per heavy atom. The Labute approximate surface area is 162 Å². The van der Waals surface area contributed by atoms with E-state index in [4.69, 9.17) is 5.73 Å². The summed E-state index contributed by atoms with van der Waals surface area (Å²) < 4.78 is 0. The molecule has 1 atom stereocenters. The molecule has 0 spiro atoms. The number of H-pyrrole nitrogens is 1. The number of likely N-dealkylation sites (N-methyl/N-ethyl adjacent to an activating group) is 1. The summed E-state index contributed by atoms with van der Waals surface area (Å²) in [5.41, 5.74) is 7.84. The molecule has 4 N–H and O–H groups in total. The summed E-state index contributed by atoms with van der Waals surface area (Å²) in [6.45, 7) is 2.52. The third kappa shape index (κ3) is 2.78. The van der Waals surface area contributed by atoms with E-state index < -0.39 is 17.2 Å². The van der Waals surface area contributed by atoms with Gasteiger partial charge in [0.25, 0.3) is 11.8 Å². The number of nitrogens with two attached hydrogens (primary N) is 1. The summed E-state index contributed by atoms with van der Waals surface area (Å²) in [5.74, 6) is -1.27. The molecule has 4 rings (SSSR count). The molecule has 1 aromatic heterocycles. The number of nitrogens with one attached hydrogen (secondary N) is 2. The van der Waals surface area contributed by atoms with E-state index >= 15 is 0 Å². The molecule has 1 aliphatic heterocycles. The number of rotatable bonds is 5. The van der Waals surface area contributed by atoms with Crippen LogP contribution in [0.15, 0.2) is 36.0 Å². The summed E-state index contributed by atoms with van der Waals surface area (Å²) in [5, 5.41) is 3.57. The van der Waals surface area contributed by atoms with E-state index in [1.807, 2.05) is 31.3 Å². The number of hydrogen-bond acceptors (Lipinski definition) is 3. The molecule has 0 bridgehead atoms. The zero-order valence-electron chi connectivity index (χ0n) is 16.0. The van der Waals surface area contributed by atoms with Crippen molar-refractivity contribution in [3.05, 3.63) is 47.2 Å². The van der Waals surface area contributed by atoms with E-state index in [1.165, 1.54) is 13.1 Å². The standard InChI is InChI=1S/C21H24N4O3/c1-12-9-24-16-5-3-4-13(17(12)16)10-25-11-21(20(22)28,14-6-7-14)8-15(19(25)27)18(26)23-2/h3-5,8-9,14,24H,6-7,10-11H2,1-2H3,(H2,22,28)(H,23,26). The molecule has 1 aromatic carbocycles. The number of hydrogen-bond donors (Lipinski definition) is 3. The Bertz CT molecular complexity index is 1020. The van der Waals surface area contributed by atoms with Crippen LogP contribution in [0.5, 0.6) is 0 Å². The largest absolute Gasteiger partial charge is 0.369 e. The molecule has 7 nitrogen and oxygen atoms in total. The Balaban J connectivity index is 1.77. The van der Waals surface area contributed by atoms with Crippen LogP contribution in [0.2, 0.25) is 0 Å². The Morgan fingerprint density at radius 1 is 1.36 bits per heavy atom. The Morgan fingerprint density at radius 2 is 2.11 bits per heavy atom. The average Bonchev–Trinajstić information content (AvgIpc) is 3.46. The fourth-order valence-electron chi connectivity index (χ4n) is 4.33. The number of amides is 3. The number of aromatic amines is 1. The van der Waals surface area contributed by atoms with Gasteiger partial charge in [-0.1, -0.05) is 12.1 Å². The molecule has 2 aromatic rings. The zero-order valence-corrected chi connectivity index (χ0v) is 16.0. The number of aryl methyl sites for hydroxylation is 1. The number of benzene rings is 1. The highest BCUT2D eigenvalue weighted by atomic mass is 16.2. The van der Waals surface area contributed by atoms with Crippen LogP contribution in [0.1, 0.15) is 24.0 Å². The summed E-state index contributed by atoms with van der Waals surface area (Å²) in [6.07, 6.45) is 5.19. The third-order valence-electron chi connectivity index (χ3n) is 5.96. The smallest absolute Gasteiger partial charge is 0.259 e. The minimum absolute atomic E-state index is 0.00239. The van der Waals surface area contributed by atoms with Gasteiger partial charge in [-0.25, -0.2) is 0 Å². The average molecular weight is 380 g/mol. The third-order valence-corrected chi connectivity index (χ3v) is 5.96. The molecule has 3 amide bonds. The second kappa shape index (κ2) is 6.51. The summed E-state index contributed by atoms with van der Waals surface area (Å²) in [7, 11) is 1.47. The van der Waals surface area contributed by atoms with Gasteiger partial charge in [-0.3, -0.25) is 14.4 Å². The van der Waals surface area contributed by atoms with Crippen LogP contribution in [-0.2, 0) is 20.9 Å². The monoisotopic (exact) mass is 380 g/mol. The second-order valence-electron chi connectivity index (χ2n) is 7.79. The van der Waals surface area contributed by atoms with Crippen LogP contribution in [0.25, 0.3) is 10.9 Å². The molecule has 1 aliphatic carbocycles. The van der Waals surface area contributed by atoms with Gasteiger partial charge in [-0.15, -0.1) is 0 Å². The number of primary amides is 1.